The Hall–Kier alpha value is -3.41. The molecule has 2 aromatic carbocycles. The van der Waals surface area contributed by atoms with Crippen LogP contribution in [0.2, 0.25) is 0 Å². The number of ketones is 1. The van der Waals surface area contributed by atoms with Gasteiger partial charge in [-0.25, -0.2) is 0 Å². The third-order valence-corrected chi connectivity index (χ3v) is 3.90. The minimum Gasteiger partial charge on any atom is -0.480 e. The number of fused-ring (bicyclic) bond motifs is 1. The van der Waals surface area contributed by atoms with Crippen LogP contribution in [0, 0.1) is 0 Å². The van der Waals surface area contributed by atoms with Crippen molar-refractivity contribution >= 4 is 34.6 Å². The maximum Gasteiger partial charge on any atom is 0.322 e. The van der Waals surface area contributed by atoms with E-state index >= 15 is 0 Å². The van der Waals surface area contributed by atoms with E-state index in [9.17, 15) is 14.4 Å². The molecule has 3 N–H and O–H groups in total. The van der Waals surface area contributed by atoms with E-state index in [1.165, 1.54) is 6.92 Å². The van der Waals surface area contributed by atoms with Crippen LogP contribution >= 0.6 is 0 Å². The lowest BCUT2D eigenvalue weighted by atomic mass is 9.98. The summed E-state index contributed by atoms with van der Waals surface area (Å²) in [5.74, 6) is -1.49. The van der Waals surface area contributed by atoms with Gasteiger partial charge in [-0.3, -0.25) is 14.4 Å². The predicted octanol–water partition coefficient (Wildman–Crippen LogP) is 2.38. The number of Topliss-reactive ketones (excluding diaryl/α,β-unsaturated/α-hetero) is 1. The molecule has 0 aromatic heterocycles. The number of carbonyl (C=O) groups is 3. The molecular formula is C19H16N2O4. The van der Waals surface area contributed by atoms with E-state index in [1.54, 1.807) is 42.5 Å². The number of carboxylic acid groups (broad SMARTS) is 1. The van der Waals surface area contributed by atoms with Crippen molar-refractivity contribution in [1.29, 1.82) is 0 Å². The van der Waals surface area contributed by atoms with E-state index in [4.69, 9.17) is 5.11 Å². The average Bonchev–Trinajstić information content (AvgIpc) is 2.91. The Morgan fingerprint density at radius 2 is 1.80 bits per heavy atom. The van der Waals surface area contributed by atoms with Gasteiger partial charge in [0.25, 0.3) is 5.91 Å². The minimum atomic E-state index is -1.04. The summed E-state index contributed by atoms with van der Waals surface area (Å²) < 4.78 is 0. The van der Waals surface area contributed by atoms with Gasteiger partial charge in [-0.05, 0) is 30.7 Å². The number of hydrogen-bond donors (Lipinski definition) is 3. The molecule has 0 spiro atoms. The Bertz CT molecular complexity index is 901. The van der Waals surface area contributed by atoms with Gasteiger partial charge in [-0.15, -0.1) is 0 Å². The normalized spacial score (nSPS) is 14.5. The van der Waals surface area contributed by atoms with Crippen molar-refractivity contribution in [2.24, 2.45) is 0 Å². The Labute approximate surface area is 144 Å². The van der Waals surface area contributed by atoms with Gasteiger partial charge >= 0.3 is 5.97 Å². The molecule has 3 rings (SSSR count). The van der Waals surface area contributed by atoms with Crippen LogP contribution in [0.4, 0.5) is 5.69 Å². The summed E-state index contributed by atoms with van der Waals surface area (Å²) in [5, 5.41) is 14.6. The SMILES string of the molecule is CC(=O)c1ccc2c(c1)/C(=C(/NCC(=O)O)c1ccccc1)C(=O)N2. The molecule has 0 atom stereocenters. The largest absolute Gasteiger partial charge is 0.480 e. The summed E-state index contributed by atoms with van der Waals surface area (Å²) in [6, 6.07) is 14.0. The Kier molecular flexibility index (Phi) is 4.35. The van der Waals surface area contributed by atoms with E-state index in [1.807, 2.05) is 6.07 Å². The molecule has 0 unspecified atom stereocenters. The van der Waals surface area contributed by atoms with Gasteiger partial charge in [0.2, 0.25) is 0 Å². The summed E-state index contributed by atoms with van der Waals surface area (Å²) in [4.78, 5) is 35.2. The number of amides is 1. The second-order valence-electron chi connectivity index (χ2n) is 5.63. The molecule has 0 aliphatic carbocycles. The van der Waals surface area contributed by atoms with Crippen molar-refractivity contribution in [2.75, 3.05) is 11.9 Å². The molecule has 25 heavy (non-hydrogen) atoms. The second kappa shape index (κ2) is 6.60. The number of rotatable bonds is 5. The second-order valence-corrected chi connectivity index (χ2v) is 5.63. The molecule has 1 aliphatic rings. The van der Waals surface area contributed by atoms with Crippen molar-refractivity contribution in [3.63, 3.8) is 0 Å². The lowest BCUT2D eigenvalue weighted by Crippen LogP contribution is -2.23. The fourth-order valence-corrected chi connectivity index (χ4v) is 2.74. The van der Waals surface area contributed by atoms with Crippen molar-refractivity contribution in [2.45, 2.75) is 6.92 Å². The van der Waals surface area contributed by atoms with Gasteiger partial charge < -0.3 is 15.7 Å². The van der Waals surface area contributed by atoms with Crippen LogP contribution in [0.3, 0.4) is 0 Å². The van der Waals surface area contributed by atoms with E-state index in [0.29, 0.717) is 33.6 Å². The third kappa shape index (κ3) is 3.28. The zero-order valence-corrected chi connectivity index (χ0v) is 13.5. The number of carbonyl (C=O) groups excluding carboxylic acids is 2. The first-order valence-corrected chi connectivity index (χ1v) is 7.69. The molecule has 0 bridgehead atoms. The number of benzene rings is 2. The van der Waals surface area contributed by atoms with E-state index in [0.717, 1.165) is 0 Å². The van der Waals surface area contributed by atoms with Crippen LogP contribution in [0.1, 0.15) is 28.4 Å². The van der Waals surface area contributed by atoms with Crippen molar-refractivity contribution in [1.82, 2.24) is 5.32 Å². The molecule has 1 heterocycles. The van der Waals surface area contributed by atoms with Gasteiger partial charge in [-0.2, -0.15) is 0 Å². The van der Waals surface area contributed by atoms with E-state index in [2.05, 4.69) is 10.6 Å². The lowest BCUT2D eigenvalue weighted by Gasteiger charge is -2.13. The van der Waals surface area contributed by atoms with Crippen LogP contribution in [-0.4, -0.2) is 29.3 Å². The first-order chi connectivity index (χ1) is 12.0. The van der Waals surface area contributed by atoms with Gasteiger partial charge in [0, 0.05) is 16.8 Å². The number of carboxylic acids is 1. The van der Waals surface area contributed by atoms with Crippen LogP contribution in [-0.2, 0) is 9.59 Å². The summed E-state index contributed by atoms with van der Waals surface area (Å²) in [6.45, 7) is 1.12. The Morgan fingerprint density at radius 1 is 1.08 bits per heavy atom. The molecule has 2 aromatic rings. The molecule has 0 fully saturated rings. The quantitative estimate of drug-likeness (QED) is 0.575. The summed E-state index contributed by atoms with van der Waals surface area (Å²) >= 11 is 0. The van der Waals surface area contributed by atoms with Gasteiger partial charge in [0.05, 0.1) is 11.3 Å². The van der Waals surface area contributed by atoms with Crippen LogP contribution in [0.5, 0.6) is 0 Å². The molecule has 1 aliphatic heterocycles. The maximum atomic E-state index is 12.5. The number of nitrogens with one attached hydrogen (secondary N) is 2. The summed E-state index contributed by atoms with van der Waals surface area (Å²) in [7, 11) is 0. The molecule has 126 valence electrons. The van der Waals surface area contributed by atoms with Gasteiger partial charge in [0.15, 0.2) is 5.78 Å². The fourth-order valence-electron chi connectivity index (χ4n) is 2.74. The molecule has 6 heteroatoms. The standard InChI is InChI=1S/C19H16N2O4/c1-11(22)13-7-8-15-14(9-13)17(19(25)21-15)18(20-10-16(23)24)12-5-3-2-4-6-12/h2-9,20H,10H2,1H3,(H,21,25)(H,23,24)/b18-17-. The molecular weight excluding hydrogens is 320 g/mol. The molecule has 0 saturated heterocycles. The summed E-state index contributed by atoms with van der Waals surface area (Å²) in [6.07, 6.45) is 0. The number of hydrogen-bond acceptors (Lipinski definition) is 4. The van der Waals surface area contributed by atoms with Gasteiger partial charge in [0.1, 0.15) is 6.54 Å². The zero-order chi connectivity index (χ0) is 18.0. The summed E-state index contributed by atoms with van der Waals surface area (Å²) in [5.41, 5.74) is 3.09. The molecule has 1 amide bonds. The fraction of sp³-hybridized carbons (Fsp3) is 0.105. The Balaban J connectivity index is 2.20. The highest BCUT2D eigenvalue weighted by Gasteiger charge is 2.29. The molecule has 0 saturated carbocycles. The first-order valence-electron chi connectivity index (χ1n) is 7.69. The smallest absolute Gasteiger partial charge is 0.322 e. The predicted molar refractivity (Wildman–Crippen MR) is 94.0 cm³/mol. The van der Waals surface area contributed by atoms with Gasteiger partial charge in [-0.1, -0.05) is 30.3 Å². The number of anilines is 1. The topological polar surface area (TPSA) is 95.5 Å². The zero-order valence-electron chi connectivity index (χ0n) is 13.5. The monoisotopic (exact) mass is 336 g/mol. The first kappa shape index (κ1) is 16.4. The van der Waals surface area contributed by atoms with Crippen LogP contribution in [0.15, 0.2) is 48.5 Å². The minimum absolute atomic E-state index is 0.110. The van der Waals surface area contributed by atoms with E-state index < -0.39 is 5.97 Å². The van der Waals surface area contributed by atoms with Crippen molar-refractivity contribution < 1.29 is 19.5 Å². The number of aliphatic carboxylic acids is 1. The third-order valence-electron chi connectivity index (χ3n) is 3.90. The van der Waals surface area contributed by atoms with Crippen molar-refractivity contribution in [3.8, 4) is 0 Å². The van der Waals surface area contributed by atoms with Crippen LogP contribution in [0.25, 0.3) is 11.3 Å². The highest BCUT2D eigenvalue weighted by molar-refractivity contribution is 6.36. The van der Waals surface area contributed by atoms with E-state index in [-0.39, 0.29) is 18.2 Å². The average molecular weight is 336 g/mol. The molecule has 6 nitrogen and oxygen atoms in total. The van der Waals surface area contributed by atoms with Crippen molar-refractivity contribution in [3.05, 3.63) is 65.2 Å². The lowest BCUT2D eigenvalue weighted by molar-refractivity contribution is -0.135. The highest BCUT2D eigenvalue weighted by atomic mass is 16.4. The van der Waals surface area contributed by atoms with Crippen LogP contribution < -0.4 is 10.6 Å². The molecule has 0 radical (unpaired) electrons. The highest BCUT2D eigenvalue weighted by Crippen LogP contribution is 2.36. The Morgan fingerprint density at radius 3 is 2.44 bits per heavy atom. The maximum absolute atomic E-state index is 12.5.